The van der Waals surface area contributed by atoms with Crippen LogP contribution in [0.15, 0.2) is 0 Å². The summed E-state index contributed by atoms with van der Waals surface area (Å²) in [5.74, 6) is 1.41. The van der Waals surface area contributed by atoms with Crippen LogP contribution < -0.4 is 5.73 Å². The van der Waals surface area contributed by atoms with Gasteiger partial charge in [-0.05, 0) is 37.6 Å². The molecule has 0 aromatic heterocycles. The van der Waals surface area contributed by atoms with Gasteiger partial charge in [-0.1, -0.05) is 26.7 Å². The highest BCUT2D eigenvalue weighted by molar-refractivity contribution is 4.88. The fraction of sp³-hybridized carbons (Fsp3) is 1.00. The Kier molecular flexibility index (Phi) is 5.46. The highest BCUT2D eigenvalue weighted by Crippen LogP contribution is 2.29. The van der Waals surface area contributed by atoms with Crippen LogP contribution in [0, 0.1) is 11.8 Å². The monoisotopic (exact) mass is 254 g/mol. The predicted octanol–water partition coefficient (Wildman–Crippen LogP) is 2.25. The maximum atomic E-state index is 5.95. The molecule has 0 aromatic rings. The Labute approximate surface area is 112 Å². The Morgan fingerprint density at radius 2 is 2.06 bits per heavy atom. The zero-order valence-corrected chi connectivity index (χ0v) is 12.1. The van der Waals surface area contributed by atoms with Crippen molar-refractivity contribution >= 4 is 0 Å². The van der Waals surface area contributed by atoms with Gasteiger partial charge >= 0.3 is 0 Å². The van der Waals surface area contributed by atoms with Gasteiger partial charge in [-0.3, -0.25) is 4.90 Å². The van der Waals surface area contributed by atoms with Crippen molar-refractivity contribution in [1.29, 1.82) is 0 Å². The zero-order valence-electron chi connectivity index (χ0n) is 12.1. The zero-order chi connectivity index (χ0) is 13.0. The number of hydrogen-bond donors (Lipinski definition) is 1. The molecule has 0 radical (unpaired) electrons. The summed E-state index contributed by atoms with van der Waals surface area (Å²) in [5, 5.41) is 0. The Bertz CT molecular complexity index is 243. The lowest BCUT2D eigenvalue weighted by molar-refractivity contribution is -0.0922. The molecule has 0 bridgehead atoms. The maximum Gasteiger partial charge on any atom is 0.0730 e. The summed E-state index contributed by atoms with van der Waals surface area (Å²) < 4.78 is 5.94. The number of nitrogens with zero attached hydrogens (tertiary/aromatic N) is 1. The molecule has 1 saturated carbocycles. The Hall–Kier alpha value is -0.120. The van der Waals surface area contributed by atoms with Gasteiger partial charge in [-0.2, -0.15) is 0 Å². The first kappa shape index (κ1) is 14.3. The molecule has 0 amide bonds. The topological polar surface area (TPSA) is 38.5 Å². The molecule has 106 valence electrons. The van der Waals surface area contributed by atoms with E-state index < -0.39 is 0 Å². The molecule has 3 unspecified atom stereocenters. The average molecular weight is 254 g/mol. The van der Waals surface area contributed by atoms with E-state index in [-0.39, 0.29) is 0 Å². The van der Waals surface area contributed by atoms with Crippen LogP contribution in [-0.4, -0.2) is 43.3 Å². The molecule has 0 aromatic carbocycles. The molecule has 1 heterocycles. The van der Waals surface area contributed by atoms with E-state index >= 15 is 0 Å². The molecule has 3 nitrogen and oxygen atoms in total. The number of morpholine rings is 1. The molecule has 1 aliphatic heterocycles. The fourth-order valence-corrected chi connectivity index (χ4v) is 3.65. The van der Waals surface area contributed by atoms with Gasteiger partial charge in [0.05, 0.1) is 12.7 Å². The Morgan fingerprint density at radius 3 is 2.78 bits per heavy atom. The first-order valence-electron chi connectivity index (χ1n) is 7.76. The molecule has 2 fully saturated rings. The summed E-state index contributed by atoms with van der Waals surface area (Å²) in [7, 11) is 0. The Balaban J connectivity index is 1.89. The highest BCUT2D eigenvalue weighted by Gasteiger charge is 2.34. The van der Waals surface area contributed by atoms with E-state index in [2.05, 4.69) is 18.7 Å². The van der Waals surface area contributed by atoms with Crippen molar-refractivity contribution in [1.82, 2.24) is 4.90 Å². The number of nitrogens with two attached hydrogens (primary N) is 1. The van der Waals surface area contributed by atoms with Crippen LogP contribution in [0.5, 0.6) is 0 Å². The molecule has 1 aliphatic carbocycles. The summed E-state index contributed by atoms with van der Waals surface area (Å²) in [4.78, 5) is 2.67. The van der Waals surface area contributed by atoms with Crippen molar-refractivity contribution in [3.63, 3.8) is 0 Å². The summed E-state index contributed by atoms with van der Waals surface area (Å²) in [6.07, 6.45) is 7.07. The first-order chi connectivity index (χ1) is 8.70. The molecule has 18 heavy (non-hydrogen) atoms. The van der Waals surface area contributed by atoms with Crippen LogP contribution in [-0.2, 0) is 4.74 Å². The molecular weight excluding hydrogens is 224 g/mol. The van der Waals surface area contributed by atoms with Crippen molar-refractivity contribution in [2.75, 3.05) is 26.2 Å². The summed E-state index contributed by atoms with van der Waals surface area (Å²) in [5.41, 5.74) is 5.95. The third kappa shape index (κ3) is 3.69. The molecule has 3 atom stereocenters. The summed E-state index contributed by atoms with van der Waals surface area (Å²) in [6, 6.07) is 0.675. The van der Waals surface area contributed by atoms with Crippen LogP contribution in [0.3, 0.4) is 0 Å². The van der Waals surface area contributed by atoms with Gasteiger partial charge in [-0.15, -0.1) is 0 Å². The standard InChI is InChI=1S/C15H30N2O/c1-12(2)9-13(10-16)11-17-7-8-18-15-6-4-3-5-14(15)17/h12-15H,3-11,16H2,1-2H3. The number of hydrogen-bond acceptors (Lipinski definition) is 3. The lowest BCUT2D eigenvalue weighted by atomic mass is 9.88. The van der Waals surface area contributed by atoms with Crippen molar-refractivity contribution in [3.05, 3.63) is 0 Å². The van der Waals surface area contributed by atoms with E-state index in [0.717, 1.165) is 25.6 Å². The lowest BCUT2D eigenvalue weighted by Gasteiger charge is -2.45. The molecule has 2 aliphatic rings. The quantitative estimate of drug-likeness (QED) is 0.818. The van der Waals surface area contributed by atoms with Gasteiger partial charge in [0.2, 0.25) is 0 Å². The highest BCUT2D eigenvalue weighted by atomic mass is 16.5. The minimum absolute atomic E-state index is 0.505. The van der Waals surface area contributed by atoms with Gasteiger partial charge < -0.3 is 10.5 Å². The van der Waals surface area contributed by atoms with E-state index in [1.807, 2.05) is 0 Å². The SMILES string of the molecule is CC(C)CC(CN)CN1CCOC2CCCCC21. The average Bonchev–Trinajstić information content (AvgIpc) is 2.38. The number of ether oxygens (including phenoxy) is 1. The van der Waals surface area contributed by atoms with Gasteiger partial charge in [0.1, 0.15) is 0 Å². The molecular formula is C15H30N2O. The third-order valence-electron chi connectivity index (χ3n) is 4.48. The van der Waals surface area contributed by atoms with E-state index in [1.165, 1.54) is 38.6 Å². The van der Waals surface area contributed by atoms with Crippen LogP contribution in [0.25, 0.3) is 0 Å². The second-order valence-electron chi connectivity index (χ2n) is 6.49. The Morgan fingerprint density at radius 1 is 1.28 bits per heavy atom. The number of rotatable bonds is 5. The summed E-state index contributed by atoms with van der Waals surface area (Å²) in [6.45, 7) is 8.62. The smallest absolute Gasteiger partial charge is 0.0730 e. The lowest BCUT2D eigenvalue weighted by Crippen LogP contribution is -2.54. The normalized spacial score (nSPS) is 31.3. The van der Waals surface area contributed by atoms with Gasteiger partial charge in [0.15, 0.2) is 0 Å². The van der Waals surface area contributed by atoms with Crippen molar-refractivity contribution in [2.24, 2.45) is 17.6 Å². The minimum Gasteiger partial charge on any atom is -0.375 e. The predicted molar refractivity (Wildman–Crippen MR) is 75.6 cm³/mol. The molecule has 0 spiro atoms. The maximum absolute atomic E-state index is 5.95. The van der Waals surface area contributed by atoms with Crippen LogP contribution >= 0.6 is 0 Å². The minimum atomic E-state index is 0.505. The van der Waals surface area contributed by atoms with E-state index in [4.69, 9.17) is 10.5 Å². The second-order valence-corrected chi connectivity index (χ2v) is 6.49. The van der Waals surface area contributed by atoms with E-state index in [1.54, 1.807) is 0 Å². The van der Waals surface area contributed by atoms with Crippen LogP contribution in [0.2, 0.25) is 0 Å². The molecule has 1 saturated heterocycles. The number of fused-ring (bicyclic) bond motifs is 1. The first-order valence-corrected chi connectivity index (χ1v) is 7.76. The van der Waals surface area contributed by atoms with Crippen molar-refractivity contribution in [3.8, 4) is 0 Å². The van der Waals surface area contributed by atoms with Crippen LogP contribution in [0.1, 0.15) is 46.0 Å². The second kappa shape index (κ2) is 6.88. The molecule has 3 heteroatoms. The molecule has 2 rings (SSSR count). The van der Waals surface area contributed by atoms with E-state index in [0.29, 0.717) is 18.1 Å². The van der Waals surface area contributed by atoms with Crippen LogP contribution in [0.4, 0.5) is 0 Å². The summed E-state index contributed by atoms with van der Waals surface area (Å²) >= 11 is 0. The molecule has 2 N–H and O–H groups in total. The fourth-order valence-electron chi connectivity index (χ4n) is 3.65. The van der Waals surface area contributed by atoms with Gasteiger partial charge in [0.25, 0.3) is 0 Å². The van der Waals surface area contributed by atoms with Gasteiger partial charge in [0, 0.05) is 19.1 Å². The van der Waals surface area contributed by atoms with Crippen molar-refractivity contribution < 1.29 is 4.74 Å². The van der Waals surface area contributed by atoms with E-state index in [9.17, 15) is 0 Å². The third-order valence-corrected chi connectivity index (χ3v) is 4.48. The van der Waals surface area contributed by atoms with Crippen molar-refractivity contribution in [2.45, 2.75) is 58.1 Å². The largest absolute Gasteiger partial charge is 0.375 e. The van der Waals surface area contributed by atoms with Gasteiger partial charge in [-0.25, -0.2) is 0 Å².